The van der Waals surface area contributed by atoms with Gasteiger partial charge in [0, 0.05) is 61.9 Å². The second-order valence-electron chi connectivity index (χ2n) is 10.7. The number of hydrogen-bond donors (Lipinski definition) is 2. The van der Waals surface area contributed by atoms with Gasteiger partial charge >= 0.3 is 0 Å². The predicted octanol–water partition coefficient (Wildman–Crippen LogP) is 3.45. The van der Waals surface area contributed by atoms with E-state index in [4.69, 9.17) is 4.74 Å². The van der Waals surface area contributed by atoms with E-state index in [1.165, 1.54) is 28.6 Å². The number of rotatable bonds is 8. The molecule has 0 radical (unpaired) electrons. The average molecular weight is 484 g/mol. The minimum atomic E-state index is -0.404. The molecule has 1 saturated heterocycles. The van der Waals surface area contributed by atoms with Gasteiger partial charge in [-0.3, -0.25) is 9.59 Å². The van der Waals surface area contributed by atoms with Gasteiger partial charge in [0.25, 0.3) is 5.91 Å². The maximum Gasteiger partial charge on any atom is 0.253 e. The normalized spacial score (nSPS) is 19.5. The van der Waals surface area contributed by atoms with Crippen molar-refractivity contribution in [3.8, 4) is 0 Å². The molecule has 2 aliphatic rings. The maximum absolute atomic E-state index is 13.4. The lowest BCUT2D eigenvalue weighted by Crippen LogP contribution is -2.40. The van der Waals surface area contributed by atoms with Crippen molar-refractivity contribution in [2.45, 2.75) is 70.9 Å². The highest BCUT2D eigenvalue weighted by Crippen LogP contribution is 2.39. The number of amides is 2. The molecule has 7 heteroatoms. The number of likely N-dealkylation sites (N-methyl/N-ethyl adjacent to an activating group) is 1. The van der Waals surface area contributed by atoms with Crippen molar-refractivity contribution in [3.63, 3.8) is 0 Å². The summed E-state index contributed by atoms with van der Waals surface area (Å²) in [4.78, 5) is 27.0. The molecule has 0 saturated carbocycles. The van der Waals surface area contributed by atoms with Gasteiger partial charge in [0.05, 0.1) is 12.6 Å². The first kappa shape index (κ1) is 25.7. The van der Waals surface area contributed by atoms with Crippen LogP contribution in [0.3, 0.4) is 0 Å². The lowest BCUT2D eigenvalue weighted by molar-refractivity contribution is -0.121. The Labute approximate surface area is 208 Å². The van der Waals surface area contributed by atoms with Crippen LogP contribution >= 0.6 is 0 Å². The Morgan fingerprint density at radius 2 is 1.94 bits per heavy atom. The molecule has 1 fully saturated rings. The van der Waals surface area contributed by atoms with E-state index in [-0.39, 0.29) is 30.9 Å². The molecule has 0 bridgehead atoms. The Bertz CT molecular complexity index is 1050. The minimum absolute atomic E-state index is 0.0595. The molecular weight excluding hydrogens is 442 g/mol. The molecule has 192 valence electrons. The first-order valence-corrected chi connectivity index (χ1v) is 13.2. The van der Waals surface area contributed by atoms with Crippen molar-refractivity contribution in [1.82, 2.24) is 14.8 Å². The quantitative estimate of drug-likeness (QED) is 0.602. The van der Waals surface area contributed by atoms with E-state index < -0.39 is 6.04 Å². The fraction of sp³-hybridized carbons (Fsp3) is 0.643. The Morgan fingerprint density at radius 1 is 1.20 bits per heavy atom. The smallest absolute Gasteiger partial charge is 0.253 e. The highest BCUT2D eigenvalue weighted by atomic mass is 16.5. The molecule has 0 spiro atoms. The van der Waals surface area contributed by atoms with Crippen molar-refractivity contribution in [3.05, 3.63) is 35.0 Å². The van der Waals surface area contributed by atoms with Crippen LogP contribution in [0.2, 0.25) is 0 Å². The number of fused-ring (bicyclic) bond motifs is 3. The molecule has 2 atom stereocenters. The van der Waals surface area contributed by atoms with Gasteiger partial charge in [-0.25, -0.2) is 0 Å². The number of ether oxygens (including phenoxy) is 1. The van der Waals surface area contributed by atoms with Crippen molar-refractivity contribution in [1.29, 1.82) is 0 Å². The third-order valence-electron chi connectivity index (χ3n) is 8.07. The standard InChI is InChI=1S/C28H41N3O4/c1-18(2)29-27(33)10-7-22(17-32)30(3)28(34)21-6-9-26-24(16-21)23-15-20(5-8-25(23)31(26)4)19-11-13-35-14-12-19/h6,9,16,18-20,22,32H,5,7-8,10-15,17H2,1-4H3,(H,29,33)/t20-,22+/m0/s1. The van der Waals surface area contributed by atoms with E-state index in [1.54, 1.807) is 11.9 Å². The van der Waals surface area contributed by atoms with Crippen molar-refractivity contribution < 1.29 is 19.4 Å². The summed E-state index contributed by atoms with van der Waals surface area (Å²) in [5.74, 6) is 1.22. The highest BCUT2D eigenvalue weighted by molar-refractivity contribution is 5.99. The second-order valence-corrected chi connectivity index (χ2v) is 10.7. The third kappa shape index (κ3) is 5.56. The third-order valence-corrected chi connectivity index (χ3v) is 8.07. The van der Waals surface area contributed by atoms with Crippen LogP contribution in [0.15, 0.2) is 18.2 Å². The van der Waals surface area contributed by atoms with E-state index in [2.05, 4.69) is 23.0 Å². The molecular formula is C28H41N3O4. The number of aryl methyl sites for hydroxylation is 1. The molecule has 35 heavy (non-hydrogen) atoms. The summed E-state index contributed by atoms with van der Waals surface area (Å²) < 4.78 is 7.89. The summed E-state index contributed by atoms with van der Waals surface area (Å²) in [6.45, 7) is 5.41. The largest absolute Gasteiger partial charge is 0.394 e. The number of aliphatic hydroxyl groups is 1. The van der Waals surface area contributed by atoms with E-state index in [1.807, 2.05) is 26.0 Å². The highest BCUT2D eigenvalue weighted by Gasteiger charge is 2.31. The Hall–Kier alpha value is -2.38. The molecule has 0 unspecified atom stereocenters. The van der Waals surface area contributed by atoms with E-state index in [0.29, 0.717) is 17.9 Å². The van der Waals surface area contributed by atoms with Crippen LogP contribution in [0.4, 0.5) is 0 Å². The monoisotopic (exact) mass is 483 g/mol. The SMILES string of the molecule is CC(C)NC(=O)CC[C@H](CO)N(C)C(=O)c1ccc2c(c1)c1c(n2C)CC[C@H](C2CCOCC2)C1. The molecule has 1 aromatic carbocycles. The van der Waals surface area contributed by atoms with Crippen LogP contribution in [0.1, 0.15) is 67.6 Å². The Balaban J connectivity index is 1.52. The zero-order chi connectivity index (χ0) is 25.1. The number of nitrogens with zero attached hydrogens (tertiary/aromatic N) is 2. The number of aromatic nitrogens is 1. The van der Waals surface area contributed by atoms with Gasteiger partial charge in [-0.05, 0) is 88.0 Å². The van der Waals surface area contributed by atoms with Gasteiger partial charge in [0.15, 0.2) is 0 Å². The number of benzene rings is 1. The summed E-state index contributed by atoms with van der Waals surface area (Å²) in [5, 5.41) is 14.0. The van der Waals surface area contributed by atoms with Crippen LogP contribution in [0.25, 0.3) is 10.9 Å². The first-order valence-electron chi connectivity index (χ1n) is 13.2. The van der Waals surface area contributed by atoms with Gasteiger partial charge in [-0.1, -0.05) is 0 Å². The minimum Gasteiger partial charge on any atom is -0.394 e. The molecule has 7 nitrogen and oxygen atoms in total. The number of carbonyl (C=O) groups is 2. The fourth-order valence-corrected chi connectivity index (χ4v) is 6.00. The molecule has 4 rings (SSSR count). The topological polar surface area (TPSA) is 83.8 Å². The van der Waals surface area contributed by atoms with Crippen molar-refractivity contribution in [2.24, 2.45) is 18.9 Å². The molecule has 1 aliphatic heterocycles. The second kappa shape index (κ2) is 11.1. The summed E-state index contributed by atoms with van der Waals surface area (Å²) >= 11 is 0. The van der Waals surface area contributed by atoms with Gasteiger partial charge < -0.3 is 24.6 Å². The van der Waals surface area contributed by atoms with Crippen LogP contribution in [0.5, 0.6) is 0 Å². The molecule has 2 aromatic rings. The zero-order valence-corrected chi connectivity index (χ0v) is 21.7. The summed E-state index contributed by atoms with van der Waals surface area (Å²) in [7, 11) is 3.85. The lowest BCUT2D eigenvalue weighted by atomic mass is 9.75. The average Bonchev–Trinajstić information content (AvgIpc) is 3.14. The van der Waals surface area contributed by atoms with Gasteiger partial charge in [-0.15, -0.1) is 0 Å². The fourth-order valence-electron chi connectivity index (χ4n) is 6.00. The Morgan fingerprint density at radius 3 is 2.63 bits per heavy atom. The maximum atomic E-state index is 13.4. The molecule has 2 amide bonds. The van der Waals surface area contributed by atoms with E-state index >= 15 is 0 Å². The van der Waals surface area contributed by atoms with Crippen LogP contribution in [-0.4, -0.2) is 65.3 Å². The summed E-state index contributed by atoms with van der Waals surface area (Å²) in [6.07, 6.45) is 6.37. The summed E-state index contributed by atoms with van der Waals surface area (Å²) in [5.41, 5.74) is 4.59. The van der Waals surface area contributed by atoms with Crippen LogP contribution < -0.4 is 5.32 Å². The number of nitrogens with one attached hydrogen (secondary N) is 1. The van der Waals surface area contributed by atoms with Gasteiger partial charge in [0.1, 0.15) is 0 Å². The van der Waals surface area contributed by atoms with Crippen LogP contribution in [-0.2, 0) is 29.4 Å². The number of carbonyl (C=O) groups excluding carboxylic acids is 2. The predicted molar refractivity (Wildman–Crippen MR) is 137 cm³/mol. The molecule has 2 N–H and O–H groups in total. The first-order chi connectivity index (χ1) is 16.8. The zero-order valence-electron chi connectivity index (χ0n) is 21.7. The molecule has 1 aromatic heterocycles. The molecule has 1 aliphatic carbocycles. The molecule has 2 heterocycles. The van der Waals surface area contributed by atoms with Gasteiger partial charge in [-0.2, -0.15) is 0 Å². The summed E-state index contributed by atoms with van der Waals surface area (Å²) in [6, 6.07) is 5.66. The lowest BCUT2D eigenvalue weighted by Gasteiger charge is -2.33. The van der Waals surface area contributed by atoms with Gasteiger partial charge in [0.2, 0.25) is 5.91 Å². The van der Waals surface area contributed by atoms with Crippen molar-refractivity contribution in [2.75, 3.05) is 26.9 Å². The van der Waals surface area contributed by atoms with Crippen LogP contribution in [0, 0.1) is 11.8 Å². The van der Waals surface area contributed by atoms with Crippen molar-refractivity contribution >= 4 is 22.7 Å². The van der Waals surface area contributed by atoms with E-state index in [0.717, 1.165) is 44.8 Å². The Kier molecular flexibility index (Phi) is 8.17. The number of hydrogen-bond acceptors (Lipinski definition) is 4. The van der Waals surface area contributed by atoms with E-state index in [9.17, 15) is 14.7 Å². The number of aliphatic hydroxyl groups excluding tert-OH is 1.